The predicted molar refractivity (Wildman–Crippen MR) is 88.0 cm³/mol. The number of allylic oxidation sites excluding steroid dienone is 1. The van der Waals surface area contributed by atoms with Crippen LogP contribution in [0.5, 0.6) is 0 Å². The fraction of sp³-hybridized carbons (Fsp3) is 0.526. The van der Waals surface area contributed by atoms with Gasteiger partial charge in [0.2, 0.25) is 5.91 Å². The lowest BCUT2D eigenvalue weighted by molar-refractivity contribution is -0.122. The molecule has 1 aromatic rings. The average Bonchev–Trinajstić information content (AvgIpc) is 3.14. The standard InChI is InChI=1S/C19H25NO2/c21-13-17-15-10-11-16(12-15)19(17)20-18(22)9-5-4-8-14-6-2-1-3-7-14/h1-4,6-8,15-17,19,21H,5,9-13H2,(H,20,22)/b8-4+. The number of carbonyl (C=O) groups excluding carboxylic acids is 1. The fourth-order valence-corrected chi connectivity index (χ4v) is 4.15. The highest BCUT2D eigenvalue weighted by Gasteiger charge is 2.47. The first-order chi connectivity index (χ1) is 10.8. The summed E-state index contributed by atoms with van der Waals surface area (Å²) in [6.45, 7) is 0.208. The third kappa shape index (κ3) is 3.41. The molecule has 2 fully saturated rings. The first kappa shape index (κ1) is 15.3. The summed E-state index contributed by atoms with van der Waals surface area (Å²) in [6, 6.07) is 10.3. The number of fused-ring (bicyclic) bond motifs is 2. The Morgan fingerprint density at radius 2 is 2.00 bits per heavy atom. The van der Waals surface area contributed by atoms with Crippen molar-refractivity contribution in [2.75, 3.05) is 6.61 Å². The van der Waals surface area contributed by atoms with Gasteiger partial charge in [0, 0.05) is 25.0 Å². The van der Waals surface area contributed by atoms with Crippen LogP contribution in [-0.4, -0.2) is 23.7 Å². The second-order valence-corrected chi connectivity index (χ2v) is 6.62. The molecule has 1 amide bonds. The minimum Gasteiger partial charge on any atom is -0.396 e. The van der Waals surface area contributed by atoms with Gasteiger partial charge in [0.25, 0.3) is 0 Å². The van der Waals surface area contributed by atoms with Crippen molar-refractivity contribution in [1.82, 2.24) is 5.32 Å². The first-order valence-corrected chi connectivity index (χ1v) is 8.39. The van der Waals surface area contributed by atoms with E-state index in [0.717, 1.165) is 12.0 Å². The van der Waals surface area contributed by atoms with Crippen molar-refractivity contribution in [3.05, 3.63) is 42.0 Å². The van der Waals surface area contributed by atoms with Crippen LogP contribution in [0.1, 0.15) is 37.7 Å². The number of hydrogen-bond acceptors (Lipinski definition) is 2. The quantitative estimate of drug-likeness (QED) is 0.848. The maximum absolute atomic E-state index is 12.1. The summed E-state index contributed by atoms with van der Waals surface area (Å²) in [4.78, 5) is 12.1. The first-order valence-electron chi connectivity index (χ1n) is 8.39. The molecule has 4 unspecified atom stereocenters. The molecule has 0 spiro atoms. The Hall–Kier alpha value is -1.61. The van der Waals surface area contributed by atoms with E-state index in [1.165, 1.54) is 19.3 Å². The molecular weight excluding hydrogens is 274 g/mol. The largest absolute Gasteiger partial charge is 0.396 e. The van der Waals surface area contributed by atoms with E-state index in [0.29, 0.717) is 18.3 Å². The van der Waals surface area contributed by atoms with Crippen molar-refractivity contribution >= 4 is 12.0 Å². The maximum Gasteiger partial charge on any atom is 0.220 e. The fourth-order valence-electron chi connectivity index (χ4n) is 4.15. The molecule has 2 aliphatic rings. The minimum absolute atomic E-state index is 0.119. The van der Waals surface area contributed by atoms with E-state index in [1.54, 1.807) is 0 Å². The van der Waals surface area contributed by atoms with Gasteiger partial charge in [-0.1, -0.05) is 42.5 Å². The van der Waals surface area contributed by atoms with Gasteiger partial charge >= 0.3 is 0 Å². The van der Waals surface area contributed by atoms with E-state index >= 15 is 0 Å². The number of aliphatic hydroxyl groups excluding tert-OH is 1. The lowest BCUT2D eigenvalue weighted by Crippen LogP contribution is -2.45. The van der Waals surface area contributed by atoms with Gasteiger partial charge in [0.1, 0.15) is 0 Å². The van der Waals surface area contributed by atoms with E-state index in [9.17, 15) is 9.90 Å². The van der Waals surface area contributed by atoms with Crippen LogP contribution in [-0.2, 0) is 4.79 Å². The van der Waals surface area contributed by atoms with Gasteiger partial charge in [-0.3, -0.25) is 4.79 Å². The van der Waals surface area contributed by atoms with E-state index in [2.05, 4.69) is 29.6 Å². The molecule has 3 nitrogen and oxygen atoms in total. The topological polar surface area (TPSA) is 49.3 Å². The molecule has 2 N–H and O–H groups in total. The highest BCUT2D eigenvalue weighted by molar-refractivity contribution is 5.76. The number of rotatable bonds is 6. The summed E-state index contributed by atoms with van der Waals surface area (Å²) in [5.74, 6) is 1.61. The Bertz CT molecular complexity index is 525. The molecule has 0 saturated heterocycles. The van der Waals surface area contributed by atoms with Crippen LogP contribution in [0.2, 0.25) is 0 Å². The molecule has 0 aromatic heterocycles. The highest BCUT2D eigenvalue weighted by atomic mass is 16.3. The maximum atomic E-state index is 12.1. The van der Waals surface area contributed by atoms with Gasteiger partial charge < -0.3 is 10.4 Å². The van der Waals surface area contributed by atoms with E-state index in [1.807, 2.05) is 18.2 Å². The highest BCUT2D eigenvalue weighted by Crippen LogP contribution is 2.48. The summed E-state index contributed by atoms with van der Waals surface area (Å²) in [6.07, 6.45) is 9.01. The molecule has 22 heavy (non-hydrogen) atoms. The van der Waals surface area contributed by atoms with Crippen molar-refractivity contribution in [1.29, 1.82) is 0 Å². The van der Waals surface area contributed by atoms with Crippen LogP contribution in [0.3, 0.4) is 0 Å². The number of hydrogen-bond donors (Lipinski definition) is 2. The van der Waals surface area contributed by atoms with Gasteiger partial charge in [-0.15, -0.1) is 0 Å². The molecule has 0 aliphatic heterocycles. The average molecular weight is 299 g/mol. The van der Waals surface area contributed by atoms with Gasteiger partial charge in [0.05, 0.1) is 0 Å². The number of amides is 1. The van der Waals surface area contributed by atoms with E-state index in [4.69, 9.17) is 0 Å². The van der Waals surface area contributed by atoms with Gasteiger partial charge in [0.15, 0.2) is 0 Å². The Labute approximate surface area is 132 Å². The minimum atomic E-state index is 0.119. The summed E-state index contributed by atoms with van der Waals surface area (Å²) < 4.78 is 0. The zero-order valence-corrected chi connectivity index (χ0v) is 12.9. The normalized spacial score (nSPS) is 30.0. The van der Waals surface area contributed by atoms with Crippen molar-refractivity contribution in [3.63, 3.8) is 0 Å². The molecule has 3 rings (SSSR count). The Kier molecular flexibility index (Phi) is 4.94. The zero-order valence-electron chi connectivity index (χ0n) is 12.9. The smallest absolute Gasteiger partial charge is 0.220 e. The second kappa shape index (κ2) is 7.10. The monoisotopic (exact) mass is 299 g/mol. The summed E-state index contributed by atoms with van der Waals surface area (Å²) in [5, 5.41) is 12.7. The lowest BCUT2D eigenvalue weighted by Gasteiger charge is -2.30. The molecule has 0 heterocycles. The number of benzene rings is 1. The van der Waals surface area contributed by atoms with Gasteiger partial charge in [-0.2, -0.15) is 0 Å². The summed E-state index contributed by atoms with van der Waals surface area (Å²) >= 11 is 0. The van der Waals surface area contributed by atoms with Crippen LogP contribution in [0.15, 0.2) is 36.4 Å². The summed E-state index contributed by atoms with van der Waals surface area (Å²) in [7, 11) is 0. The molecule has 1 aromatic carbocycles. The van der Waals surface area contributed by atoms with E-state index < -0.39 is 0 Å². The Morgan fingerprint density at radius 3 is 2.77 bits per heavy atom. The number of carbonyl (C=O) groups is 1. The Morgan fingerprint density at radius 1 is 1.23 bits per heavy atom. The van der Waals surface area contributed by atoms with Crippen LogP contribution in [0.25, 0.3) is 6.08 Å². The lowest BCUT2D eigenvalue weighted by atomic mass is 9.85. The molecule has 118 valence electrons. The van der Waals surface area contributed by atoms with E-state index in [-0.39, 0.29) is 24.5 Å². The molecule has 2 aliphatic carbocycles. The number of aliphatic hydroxyl groups is 1. The second-order valence-electron chi connectivity index (χ2n) is 6.62. The van der Waals surface area contributed by atoms with Crippen molar-refractivity contribution in [2.45, 2.75) is 38.1 Å². The van der Waals surface area contributed by atoms with Gasteiger partial charge in [-0.05, 0) is 43.1 Å². The van der Waals surface area contributed by atoms with Crippen molar-refractivity contribution in [2.24, 2.45) is 17.8 Å². The predicted octanol–water partition coefficient (Wildman–Crippen LogP) is 3.00. The molecule has 3 heteroatoms. The molecule has 2 saturated carbocycles. The SMILES string of the molecule is O=C(CC/C=C/c1ccccc1)NC1C2CCC(C2)C1CO. The number of nitrogens with one attached hydrogen (secondary N) is 1. The van der Waals surface area contributed by atoms with Crippen LogP contribution in [0, 0.1) is 17.8 Å². The molecule has 0 radical (unpaired) electrons. The van der Waals surface area contributed by atoms with Crippen LogP contribution >= 0.6 is 0 Å². The van der Waals surface area contributed by atoms with Crippen LogP contribution in [0.4, 0.5) is 0 Å². The zero-order chi connectivity index (χ0) is 15.4. The summed E-state index contributed by atoms with van der Waals surface area (Å²) in [5.41, 5.74) is 1.16. The van der Waals surface area contributed by atoms with Gasteiger partial charge in [-0.25, -0.2) is 0 Å². The van der Waals surface area contributed by atoms with Crippen molar-refractivity contribution in [3.8, 4) is 0 Å². The van der Waals surface area contributed by atoms with Crippen molar-refractivity contribution < 1.29 is 9.90 Å². The Balaban J connectivity index is 1.44. The molecule has 2 bridgehead atoms. The third-order valence-electron chi connectivity index (χ3n) is 5.27. The molecule has 4 atom stereocenters. The van der Waals surface area contributed by atoms with Crippen LogP contribution < -0.4 is 5.32 Å². The third-order valence-corrected chi connectivity index (χ3v) is 5.27. The molecular formula is C19H25NO2.